The summed E-state index contributed by atoms with van der Waals surface area (Å²) in [7, 11) is 0. The van der Waals surface area contributed by atoms with Gasteiger partial charge in [-0.05, 0) is 54.9 Å². The highest BCUT2D eigenvalue weighted by molar-refractivity contribution is 5.81. The topological polar surface area (TPSA) is 150 Å². The SMILES string of the molecule is NC(N)=NCC(=CC(=O)O)C(CCC(C=Cc1ccccc1)CCCCCCCCCCO)Nc1ccc[nH]1. The fraction of sp³-hybridized carbons (Fsp3) is 0.484. The summed E-state index contributed by atoms with van der Waals surface area (Å²) in [4.78, 5) is 18.9. The highest BCUT2D eigenvalue weighted by atomic mass is 16.4. The minimum Gasteiger partial charge on any atom is -0.478 e. The van der Waals surface area contributed by atoms with Crippen LogP contribution in [0.3, 0.4) is 0 Å². The van der Waals surface area contributed by atoms with Crippen molar-refractivity contribution in [2.75, 3.05) is 18.5 Å². The summed E-state index contributed by atoms with van der Waals surface area (Å²) in [6.07, 6.45) is 19.5. The van der Waals surface area contributed by atoms with Gasteiger partial charge >= 0.3 is 5.97 Å². The van der Waals surface area contributed by atoms with E-state index in [1.807, 2.05) is 36.5 Å². The predicted molar refractivity (Wildman–Crippen MR) is 161 cm³/mol. The van der Waals surface area contributed by atoms with Crippen molar-refractivity contribution in [3.63, 3.8) is 0 Å². The Kier molecular flexibility index (Phi) is 15.9. The monoisotopic (exact) mass is 537 g/mol. The number of unbranched alkanes of at least 4 members (excludes halogenated alkanes) is 7. The van der Waals surface area contributed by atoms with Crippen molar-refractivity contribution in [1.29, 1.82) is 0 Å². The maximum atomic E-state index is 11.6. The van der Waals surface area contributed by atoms with Gasteiger partial charge in [0.05, 0.1) is 12.6 Å². The fourth-order valence-electron chi connectivity index (χ4n) is 4.66. The number of nitrogens with two attached hydrogens (primary N) is 2. The van der Waals surface area contributed by atoms with Crippen molar-refractivity contribution >= 4 is 23.8 Å². The van der Waals surface area contributed by atoms with Crippen molar-refractivity contribution in [3.8, 4) is 0 Å². The number of aliphatic hydroxyl groups is 1. The Morgan fingerprint density at radius 3 is 2.23 bits per heavy atom. The molecule has 39 heavy (non-hydrogen) atoms. The summed E-state index contributed by atoms with van der Waals surface area (Å²) in [5.74, 6) is 0.0844. The second-order valence-corrected chi connectivity index (χ2v) is 10.0. The minimum absolute atomic E-state index is 0.0676. The van der Waals surface area contributed by atoms with E-state index in [9.17, 15) is 9.90 Å². The summed E-state index contributed by atoms with van der Waals surface area (Å²) in [6, 6.07) is 13.9. The summed E-state index contributed by atoms with van der Waals surface area (Å²) < 4.78 is 0. The van der Waals surface area contributed by atoms with Gasteiger partial charge in [0.15, 0.2) is 5.96 Å². The third kappa shape index (κ3) is 14.9. The van der Waals surface area contributed by atoms with Gasteiger partial charge in [-0.1, -0.05) is 87.4 Å². The number of rotatable bonds is 21. The number of guanidine groups is 1. The van der Waals surface area contributed by atoms with E-state index in [0.29, 0.717) is 18.1 Å². The van der Waals surface area contributed by atoms with Crippen LogP contribution < -0.4 is 16.8 Å². The molecule has 0 aliphatic rings. The molecular formula is C31H47N5O3. The van der Waals surface area contributed by atoms with E-state index in [1.54, 1.807) is 0 Å². The van der Waals surface area contributed by atoms with Crippen LogP contribution >= 0.6 is 0 Å². The molecule has 0 amide bonds. The summed E-state index contributed by atoms with van der Waals surface area (Å²) in [5.41, 5.74) is 12.9. The van der Waals surface area contributed by atoms with Crippen molar-refractivity contribution in [3.05, 3.63) is 72.0 Å². The number of anilines is 1. The molecule has 0 bridgehead atoms. The number of hydrogen-bond donors (Lipinski definition) is 6. The highest BCUT2D eigenvalue weighted by Crippen LogP contribution is 2.24. The van der Waals surface area contributed by atoms with Crippen LogP contribution in [-0.2, 0) is 4.79 Å². The Labute approximate surface area is 233 Å². The van der Waals surface area contributed by atoms with Crippen LogP contribution in [0.15, 0.2) is 71.4 Å². The highest BCUT2D eigenvalue weighted by Gasteiger charge is 2.18. The average molecular weight is 538 g/mol. The molecule has 0 saturated heterocycles. The zero-order chi connectivity index (χ0) is 28.1. The molecule has 0 aliphatic carbocycles. The van der Waals surface area contributed by atoms with E-state index < -0.39 is 5.97 Å². The first-order chi connectivity index (χ1) is 19.0. The zero-order valence-corrected chi connectivity index (χ0v) is 23.1. The van der Waals surface area contributed by atoms with Crippen LogP contribution in [0.2, 0.25) is 0 Å². The first-order valence-corrected chi connectivity index (χ1v) is 14.2. The molecule has 0 fully saturated rings. The molecule has 8 N–H and O–H groups in total. The van der Waals surface area contributed by atoms with Crippen LogP contribution in [-0.4, -0.2) is 46.3 Å². The van der Waals surface area contributed by atoms with Crippen LogP contribution in [0.5, 0.6) is 0 Å². The van der Waals surface area contributed by atoms with Gasteiger partial charge in [0.1, 0.15) is 5.82 Å². The lowest BCUT2D eigenvalue weighted by Crippen LogP contribution is -2.28. The first kappa shape index (κ1) is 31.7. The number of carboxylic acids is 1. The van der Waals surface area contributed by atoms with E-state index in [0.717, 1.165) is 44.3 Å². The predicted octanol–water partition coefficient (Wildman–Crippen LogP) is 5.69. The zero-order valence-electron chi connectivity index (χ0n) is 23.1. The second kappa shape index (κ2) is 19.5. The number of benzene rings is 1. The van der Waals surface area contributed by atoms with Gasteiger partial charge in [-0.15, -0.1) is 0 Å². The number of carboxylic acid groups (broad SMARTS) is 1. The Balaban J connectivity index is 2.06. The van der Waals surface area contributed by atoms with Crippen LogP contribution in [0.1, 0.15) is 76.2 Å². The molecule has 0 aliphatic heterocycles. The molecule has 1 heterocycles. The number of aromatic amines is 1. The Morgan fingerprint density at radius 1 is 0.923 bits per heavy atom. The lowest BCUT2D eigenvalue weighted by Gasteiger charge is -2.23. The molecule has 2 unspecified atom stereocenters. The molecule has 0 radical (unpaired) electrons. The largest absolute Gasteiger partial charge is 0.478 e. The van der Waals surface area contributed by atoms with Crippen molar-refractivity contribution in [1.82, 2.24) is 4.98 Å². The van der Waals surface area contributed by atoms with Gasteiger partial charge in [0.2, 0.25) is 0 Å². The standard InChI is InChI=1S/C31H47N5O3/c32-31(33)35-24-27(23-30(38)39)28(36-29-16-12-21-34-29)20-19-26(18-17-25-13-9-7-10-14-25)15-8-5-3-1-2-4-6-11-22-37/h7,9-10,12-14,16-18,21,23,26,28,34,36-37H,1-6,8,11,15,19-20,22,24H2,(H,38,39)(H4,32,33,35). The Hall–Kier alpha value is -3.52. The van der Waals surface area contributed by atoms with E-state index >= 15 is 0 Å². The van der Waals surface area contributed by atoms with Gasteiger partial charge in [0, 0.05) is 18.9 Å². The van der Waals surface area contributed by atoms with Gasteiger partial charge in [-0.3, -0.25) is 0 Å². The molecule has 1 aromatic carbocycles. The van der Waals surface area contributed by atoms with Crippen molar-refractivity contribution in [2.24, 2.45) is 22.4 Å². The van der Waals surface area contributed by atoms with E-state index in [1.165, 1.54) is 43.7 Å². The number of allylic oxidation sites excluding steroid dienone is 1. The summed E-state index contributed by atoms with van der Waals surface area (Å²) in [5, 5.41) is 21.9. The maximum Gasteiger partial charge on any atom is 0.328 e. The molecule has 2 aromatic rings. The first-order valence-electron chi connectivity index (χ1n) is 14.2. The van der Waals surface area contributed by atoms with E-state index in [4.69, 9.17) is 16.6 Å². The molecule has 8 heteroatoms. The Morgan fingerprint density at radius 2 is 1.62 bits per heavy atom. The summed E-state index contributed by atoms with van der Waals surface area (Å²) in [6.45, 7) is 0.414. The lowest BCUT2D eigenvalue weighted by atomic mass is 9.90. The number of nitrogens with one attached hydrogen (secondary N) is 2. The molecule has 0 spiro atoms. The third-order valence-corrected chi connectivity index (χ3v) is 6.80. The maximum absolute atomic E-state index is 11.6. The average Bonchev–Trinajstić information content (AvgIpc) is 3.44. The molecule has 0 saturated carbocycles. The van der Waals surface area contributed by atoms with Crippen LogP contribution in [0.25, 0.3) is 6.08 Å². The smallest absolute Gasteiger partial charge is 0.328 e. The molecule has 2 rings (SSSR count). The number of aliphatic hydroxyl groups excluding tert-OH is 1. The van der Waals surface area contributed by atoms with Crippen LogP contribution in [0.4, 0.5) is 5.82 Å². The molecule has 8 nitrogen and oxygen atoms in total. The number of hydrogen-bond acceptors (Lipinski definition) is 4. The van der Waals surface area contributed by atoms with Gasteiger partial charge < -0.3 is 32.0 Å². The van der Waals surface area contributed by atoms with Gasteiger partial charge in [-0.25, -0.2) is 9.79 Å². The van der Waals surface area contributed by atoms with Crippen LogP contribution in [0, 0.1) is 5.92 Å². The number of carbonyl (C=O) groups is 1. The third-order valence-electron chi connectivity index (χ3n) is 6.80. The molecule has 2 atom stereocenters. The second-order valence-electron chi connectivity index (χ2n) is 10.0. The Bertz CT molecular complexity index is 998. The number of aromatic nitrogens is 1. The fourth-order valence-corrected chi connectivity index (χ4v) is 4.66. The molecule has 214 valence electrons. The molecule has 1 aromatic heterocycles. The number of nitrogens with zero attached hydrogens (tertiary/aromatic N) is 1. The number of aliphatic imine (C=N–C) groups is 1. The summed E-state index contributed by atoms with van der Waals surface area (Å²) >= 11 is 0. The van der Waals surface area contributed by atoms with Gasteiger partial charge in [0.25, 0.3) is 0 Å². The number of H-pyrrole nitrogens is 1. The van der Waals surface area contributed by atoms with E-state index in [2.05, 4.69) is 39.6 Å². The van der Waals surface area contributed by atoms with Gasteiger partial charge in [-0.2, -0.15) is 0 Å². The van der Waals surface area contributed by atoms with Crippen molar-refractivity contribution < 1.29 is 15.0 Å². The number of aliphatic carboxylic acids is 1. The lowest BCUT2D eigenvalue weighted by molar-refractivity contribution is -0.131. The van der Waals surface area contributed by atoms with E-state index in [-0.39, 0.29) is 18.5 Å². The normalized spacial score (nSPS) is 13.3. The molecular weight excluding hydrogens is 490 g/mol. The quantitative estimate of drug-likeness (QED) is 0.0521. The minimum atomic E-state index is -1.02. The van der Waals surface area contributed by atoms with Crippen molar-refractivity contribution in [2.45, 2.75) is 76.7 Å².